The standard InChI is InChI=1S/2C21H14NS.2ClH.Zr/c2*1-2-8-16-14-17(13-15(16)7-1)22-18-9-3-5-11-20(18)23-21-12-6-4-10-19(21)22;;;/h2*1-14H;2*1H;/q2*-1;;;+4/p-2. The zero-order valence-corrected chi connectivity index (χ0v) is 31.7. The second-order valence-corrected chi connectivity index (χ2v) is 17.4. The summed E-state index contributed by atoms with van der Waals surface area (Å²) in [5.41, 5.74) is 7.48. The number of halogens is 2. The minimum atomic E-state index is -0.826. The molecule has 0 N–H and O–H groups in total. The topological polar surface area (TPSA) is 6.48 Å². The van der Waals surface area contributed by atoms with Crippen LogP contribution in [0.4, 0.5) is 34.1 Å². The summed E-state index contributed by atoms with van der Waals surface area (Å²) < 4.78 is 0. The molecule has 0 unspecified atom stereocenters. The minimum Gasteiger partial charge on any atom is -0.327 e. The smallest absolute Gasteiger partial charge is 0.0584 e. The Morgan fingerprint density at radius 3 is 1.02 bits per heavy atom. The van der Waals surface area contributed by atoms with E-state index in [0.29, 0.717) is 0 Å². The van der Waals surface area contributed by atoms with E-state index in [1.165, 1.54) is 75.3 Å². The van der Waals surface area contributed by atoms with Gasteiger partial charge in [0.15, 0.2) is 0 Å². The number of anilines is 6. The van der Waals surface area contributed by atoms with Gasteiger partial charge in [0.25, 0.3) is 0 Å². The number of hydrogen-bond acceptors (Lipinski definition) is 4. The fraction of sp³-hybridized carbons (Fsp3) is 0. The zero-order chi connectivity index (χ0) is 33.2. The minimum absolute atomic E-state index is 0.826. The Labute approximate surface area is 313 Å². The van der Waals surface area contributed by atoms with Crippen molar-refractivity contribution in [1.29, 1.82) is 0 Å². The summed E-state index contributed by atoms with van der Waals surface area (Å²) in [6.45, 7) is 0. The van der Waals surface area contributed by atoms with E-state index in [1.807, 2.05) is 23.5 Å². The van der Waals surface area contributed by atoms with Gasteiger partial charge in [0.2, 0.25) is 0 Å². The molecule has 0 radical (unpaired) electrons. The number of benzene rings is 6. The summed E-state index contributed by atoms with van der Waals surface area (Å²) in [4.78, 5) is 9.96. The van der Waals surface area contributed by atoms with Gasteiger partial charge in [0.05, 0.1) is 22.7 Å². The van der Waals surface area contributed by atoms with Gasteiger partial charge in [-0.15, -0.1) is 82.2 Å². The zero-order valence-electron chi connectivity index (χ0n) is 26.1. The molecule has 0 bridgehead atoms. The normalized spacial score (nSPS) is 12.4. The van der Waals surface area contributed by atoms with Crippen molar-refractivity contribution >= 4 is 96.2 Å². The van der Waals surface area contributed by atoms with Crippen LogP contribution in [0.3, 0.4) is 0 Å². The van der Waals surface area contributed by atoms with Crippen molar-refractivity contribution < 1.29 is 20.8 Å². The predicted octanol–water partition coefficient (Wildman–Crippen LogP) is 14.4. The van der Waals surface area contributed by atoms with Crippen LogP contribution in [0.25, 0.3) is 21.5 Å². The Morgan fingerprint density at radius 1 is 0.408 bits per heavy atom. The Balaban J connectivity index is 0.000000132. The Hall–Kier alpha value is -3.70. The maximum Gasteiger partial charge on any atom is 0.0584 e. The Morgan fingerprint density at radius 2 is 0.694 bits per heavy atom. The van der Waals surface area contributed by atoms with Gasteiger partial charge in [0, 0.05) is 19.6 Å². The van der Waals surface area contributed by atoms with Crippen LogP contribution in [0.5, 0.6) is 0 Å². The van der Waals surface area contributed by atoms with Crippen molar-refractivity contribution in [3.05, 3.63) is 170 Å². The van der Waals surface area contributed by atoms with Crippen LogP contribution < -0.4 is 9.80 Å². The number of rotatable bonds is 2. The molecule has 2 aliphatic heterocycles. The molecule has 10 rings (SSSR count). The van der Waals surface area contributed by atoms with Crippen molar-refractivity contribution in [1.82, 2.24) is 0 Å². The molecule has 2 heterocycles. The molecule has 0 saturated carbocycles. The van der Waals surface area contributed by atoms with Crippen LogP contribution in [0.1, 0.15) is 0 Å². The third-order valence-electron chi connectivity index (χ3n) is 8.59. The van der Waals surface area contributed by atoms with Crippen molar-refractivity contribution in [3.8, 4) is 0 Å². The van der Waals surface area contributed by atoms with E-state index in [4.69, 9.17) is 17.0 Å². The summed E-state index contributed by atoms with van der Waals surface area (Å²) >= 11 is 2.87. The molecule has 0 saturated heterocycles. The molecular formula is C42H28Cl2N2S2Zr. The molecule has 2 aliphatic rings. The molecule has 8 aromatic rings. The Bertz CT molecular complexity index is 2080. The van der Waals surface area contributed by atoms with Crippen LogP contribution >= 0.6 is 40.5 Å². The van der Waals surface area contributed by atoms with Crippen LogP contribution in [-0.2, 0) is 20.8 Å². The van der Waals surface area contributed by atoms with Crippen LogP contribution in [0.2, 0.25) is 0 Å². The molecule has 8 aromatic carbocycles. The van der Waals surface area contributed by atoms with E-state index in [0.717, 1.165) is 0 Å². The molecule has 7 heteroatoms. The van der Waals surface area contributed by atoms with Crippen LogP contribution in [0, 0.1) is 0 Å². The van der Waals surface area contributed by atoms with Gasteiger partial charge in [-0.2, -0.15) is 0 Å². The monoisotopic (exact) mass is 784 g/mol. The van der Waals surface area contributed by atoms with E-state index in [1.54, 1.807) is 0 Å². The van der Waals surface area contributed by atoms with Gasteiger partial charge in [0.1, 0.15) is 0 Å². The maximum absolute atomic E-state index is 4.93. The van der Waals surface area contributed by atoms with Crippen LogP contribution in [0.15, 0.2) is 189 Å². The quantitative estimate of drug-likeness (QED) is 0.161. The molecule has 236 valence electrons. The molecule has 0 amide bonds. The summed E-state index contributed by atoms with van der Waals surface area (Å²) in [7, 11) is 9.87. The third-order valence-corrected chi connectivity index (χ3v) is 10.8. The fourth-order valence-corrected chi connectivity index (χ4v) is 8.61. The van der Waals surface area contributed by atoms with Gasteiger partial charge in [-0.05, 0) is 59.9 Å². The molecule has 0 aromatic heterocycles. The first-order chi connectivity index (χ1) is 24.2. The van der Waals surface area contributed by atoms with Gasteiger partial charge < -0.3 is 9.80 Å². The van der Waals surface area contributed by atoms with Gasteiger partial charge in [-0.1, -0.05) is 84.2 Å². The maximum atomic E-state index is 4.93. The summed E-state index contributed by atoms with van der Waals surface area (Å²) in [5, 5.41) is 5.15. The van der Waals surface area contributed by atoms with Gasteiger partial charge in [-0.3, -0.25) is 0 Å². The number of para-hydroxylation sites is 4. The second-order valence-electron chi connectivity index (χ2n) is 11.5. The Kier molecular flexibility index (Phi) is 9.72. The second kappa shape index (κ2) is 14.7. The molecule has 0 spiro atoms. The summed E-state index contributed by atoms with van der Waals surface area (Å²) in [5.74, 6) is 0. The van der Waals surface area contributed by atoms with Gasteiger partial charge >= 0.3 is 37.9 Å². The van der Waals surface area contributed by atoms with E-state index >= 15 is 0 Å². The number of nitrogens with zero attached hydrogens (tertiary/aromatic N) is 2. The number of hydrogen-bond donors (Lipinski definition) is 0. The van der Waals surface area contributed by atoms with Crippen molar-refractivity contribution in [3.63, 3.8) is 0 Å². The van der Waals surface area contributed by atoms with E-state index in [-0.39, 0.29) is 0 Å². The number of fused-ring (bicyclic) bond motifs is 6. The third kappa shape index (κ3) is 6.52. The molecule has 49 heavy (non-hydrogen) atoms. The molecule has 0 fully saturated rings. The molecule has 0 atom stereocenters. The molecular weight excluding hydrogens is 759 g/mol. The average molecular weight is 787 g/mol. The van der Waals surface area contributed by atoms with Gasteiger partial charge in [-0.25, -0.2) is 0 Å². The van der Waals surface area contributed by atoms with Crippen molar-refractivity contribution in [2.24, 2.45) is 0 Å². The summed E-state index contributed by atoms with van der Waals surface area (Å²) in [6.07, 6.45) is 0. The van der Waals surface area contributed by atoms with Crippen molar-refractivity contribution in [2.45, 2.75) is 19.6 Å². The SMILES string of the molecule is [Cl][Zr+2][Cl].c1ccc2c(c1)Sc1ccccc1N2c1cc2ccccc2[cH-]1.c1ccc2c(c1)Sc1ccccc1N2c1cc2ccccc2[cH-]1. The van der Waals surface area contributed by atoms with E-state index < -0.39 is 20.8 Å². The van der Waals surface area contributed by atoms with E-state index in [2.05, 4.69) is 180 Å². The molecule has 0 aliphatic carbocycles. The van der Waals surface area contributed by atoms with Crippen molar-refractivity contribution in [2.75, 3.05) is 9.80 Å². The van der Waals surface area contributed by atoms with Crippen LogP contribution in [-0.4, -0.2) is 0 Å². The first kappa shape index (κ1) is 32.5. The fourth-order valence-electron chi connectivity index (χ4n) is 6.49. The first-order valence-electron chi connectivity index (χ1n) is 15.8. The first-order valence-corrected chi connectivity index (χ1v) is 23.8. The average Bonchev–Trinajstić information content (AvgIpc) is 3.78. The predicted molar refractivity (Wildman–Crippen MR) is 208 cm³/mol. The van der Waals surface area contributed by atoms with E-state index in [9.17, 15) is 0 Å². The molecule has 2 nitrogen and oxygen atoms in total. The largest absolute Gasteiger partial charge is 0.327 e. The summed E-state index contributed by atoms with van der Waals surface area (Å²) in [6, 6.07) is 60.7.